The molecule has 11 heteroatoms. The molecule has 1 aromatic heterocycles. The Morgan fingerprint density at radius 1 is 1.07 bits per heavy atom. The summed E-state index contributed by atoms with van der Waals surface area (Å²) in [4.78, 5) is 27.5. The standard InChI is InChI=1S/C19H23N3O7S/c1-27-11-10-20-19(24)29-17-8-5-15(13-21-17)18(23)22-30(25,26)12-9-14-3-6-16(28-2)7-4-14/h3-8,13H,9-12H2,1-2H3,(H,20,24)(H,22,23). The largest absolute Gasteiger partial charge is 0.497 e. The molecule has 30 heavy (non-hydrogen) atoms. The second-order valence-electron chi connectivity index (χ2n) is 6.04. The molecule has 162 valence electrons. The number of ether oxygens (including phenoxy) is 3. The first kappa shape index (κ1) is 23.1. The lowest BCUT2D eigenvalue weighted by Crippen LogP contribution is -2.33. The van der Waals surface area contributed by atoms with Gasteiger partial charge in [0.05, 0.1) is 25.0 Å². The Bertz CT molecular complexity index is 945. The number of pyridine rings is 1. The van der Waals surface area contributed by atoms with Crippen LogP contribution in [0.25, 0.3) is 0 Å². The topological polar surface area (TPSA) is 133 Å². The quantitative estimate of drug-likeness (QED) is 0.529. The van der Waals surface area contributed by atoms with Gasteiger partial charge in [0.25, 0.3) is 5.91 Å². The third-order valence-corrected chi connectivity index (χ3v) is 5.08. The number of methoxy groups -OCH3 is 2. The Balaban J connectivity index is 1.86. The minimum Gasteiger partial charge on any atom is -0.497 e. The van der Waals surface area contributed by atoms with Gasteiger partial charge in [-0.3, -0.25) is 4.79 Å². The van der Waals surface area contributed by atoms with E-state index >= 15 is 0 Å². The van der Waals surface area contributed by atoms with Crippen molar-refractivity contribution in [2.24, 2.45) is 0 Å². The van der Waals surface area contributed by atoms with Crippen LogP contribution in [0.2, 0.25) is 0 Å². The summed E-state index contributed by atoms with van der Waals surface area (Å²) >= 11 is 0. The van der Waals surface area contributed by atoms with Crippen LogP contribution in [0.4, 0.5) is 4.79 Å². The molecule has 1 heterocycles. The van der Waals surface area contributed by atoms with Gasteiger partial charge in [0.1, 0.15) is 5.75 Å². The summed E-state index contributed by atoms with van der Waals surface area (Å²) in [5, 5.41) is 2.44. The number of carbonyl (C=O) groups excluding carboxylic acids is 2. The molecule has 0 unspecified atom stereocenters. The van der Waals surface area contributed by atoms with Crippen LogP contribution in [-0.2, 0) is 21.2 Å². The SMILES string of the molecule is COCCNC(=O)Oc1ccc(C(=O)NS(=O)(=O)CCc2ccc(OC)cc2)cn1. The molecule has 2 amide bonds. The minimum absolute atomic E-state index is 0.00941. The lowest BCUT2D eigenvalue weighted by molar-refractivity contribution is 0.0981. The Hall–Kier alpha value is -3.18. The van der Waals surface area contributed by atoms with Crippen molar-refractivity contribution in [3.05, 3.63) is 53.7 Å². The van der Waals surface area contributed by atoms with E-state index in [0.29, 0.717) is 12.4 Å². The van der Waals surface area contributed by atoms with Crippen LogP contribution >= 0.6 is 0 Å². The number of aryl methyl sites for hydroxylation is 1. The first-order chi connectivity index (χ1) is 14.3. The molecule has 2 rings (SSSR count). The van der Waals surface area contributed by atoms with Crippen molar-refractivity contribution in [3.63, 3.8) is 0 Å². The maximum atomic E-state index is 12.2. The van der Waals surface area contributed by atoms with Crippen molar-refractivity contribution in [1.29, 1.82) is 0 Å². The summed E-state index contributed by atoms with van der Waals surface area (Å²) in [6.07, 6.45) is 0.625. The third-order valence-electron chi connectivity index (χ3n) is 3.84. The zero-order valence-electron chi connectivity index (χ0n) is 16.6. The lowest BCUT2D eigenvalue weighted by atomic mass is 10.2. The van der Waals surface area contributed by atoms with E-state index in [1.54, 1.807) is 31.4 Å². The van der Waals surface area contributed by atoms with Crippen molar-refractivity contribution >= 4 is 22.0 Å². The summed E-state index contributed by atoms with van der Waals surface area (Å²) < 4.78 is 41.1. The smallest absolute Gasteiger partial charge is 0.414 e. The van der Waals surface area contributed by atoms with Gasteiger partial charge in [0.15, 0.2) is 0 Å². The fraction of sp³-hybridized carbons (Fsp3) is 0.316. The van der Waals surface area contributed by atoms with Gasteiger partial charge < -0.3 is 19.5 Å². The van der Waals surface area contributed by atoms with Gasteiger partial charge in [-0.2, -0.15) is 0 Å². The Kier molecular flexibility index (Phi) is 8.56. The number of aromatic nitrogens is 1. The van der Waals surface area contributed by atoms with Crippen molar-refractivity contribution in [1.82, 2.24) is 15.0 Å². The number of hydrogen-bond acceptors (Lipinski definition) is 8. The molecule has 0 aliphatic rings. The predicted octanol–water partition coefficient (Wildman–Crippen LogP) is 1.13. The number of rotatable bonds is 10. The van der Waals surface area contributed by atoms with Crippen LogP contribution in [-0.4, -0.2) is 58.5 Å². The molecule has 0 aliphatic carbocycles. The number of benzene rings is 1. The molecule has 0 radical (unpaired) electrons. The molecule has 0 saturated heterocycles. The summed E-state index contributed by atoms with van der Waals surface area (Å²) in [6.45, 7) is 0.596. The second-order valence-corrected chi connectivity index (χ2v) is 7.88. The van der Waals surface area contributed by atoms with Gasteiger partial charge in [-0.15, -0.1) is 0 Å². The van der Waals surface area contributed by atoms with Crippen molar-refractivity contribution < 1.29 is 32.2 Å². The molecule has 0 bridgehead atoms. The van der Waals surface area contributed by atoms with E-state index < -0.39 is 22.0 Å². The van der Waals surface area contributed by atoms with E-state index in [2.05, 4.69) is 10.3 Å². The highest BCUT2D eigenvalue weighted by molar-refractivity contribution is 7.90. The molecule has 0 spiro atoms. The van der Waals surface area contributed by atoms with Gasteiger partial charge in [-0.25, -0.2) is 22.9 Å². The predicted molar refractivity (Wildman–Crippen MR) is 108 cm³/mol. The van der Waals surface area contributed by atoms with Gasteiger partial charge >= 0.3 is 6.09 Å². The van der Waals surface area contributed by atoms with Gasteiger partial charge in [0.2, 0.25) is 15.9 Å². The average Bonchev–Trinajstić information content (AvgIpc) is 2.73. The zero-order chi connectivity index (χ0) is 22.0. The first-order valence-electron chi connectivity index (χ1n) is 8.91. The summed E-state index contributed by atoms with van der Waals surface area (Å²) in [5.74, 6) is -0.458. The lowest BCUT2D eigenvalue weighted by Gasteiger charge is -2.08. The number of carbonyl (C=O) groups is 2. The van der Waals surface area contributed by atoms with Crippen LogP contribution in [0.1, 0.15) is 15.9 Å². The van der Waals surface area contributed by atoms with E-state index in [1.807, 2.05) is 4.72 Å². The first-order valence-corrected chi connectivity index (χ1v) is 10.6. The van der Waals surface area contributed by atoms with E-state index in [9.17, 15) is 18.0 Å². The average molecular weight is 437 g/mol. The van der Waals surface area contributed by atoms with Crippen LogP contribution in [0.15, 0.2) is 42.6 Å². The highest BCUT2D eigenvalue weighted by Crippen LogP contribution is 2.12. The number of nitrogens with one attached hydrogen (secondary N) is 2. The van der Waals surface area contributed by atoms with Crippen molar-refractivity contribution in [3.8, 4) is 11.6 Å². The van der Waals surface area contributed by atoms with Crippen molar-refractivity contribution in [2.45, 2.75) is 6.42 Å². The van der Waals surface area contributed by atoms with Crippen LogP contribution in [0.3, 0.4) is 0 Å². The van der Waals surface area contributed by atoms with Gasteiger partial charge in [0, 0.05) is 25.9 Å². The molecule has 2 N–H and O–H groups in total. The number of amides is 2. The Labute approximate surface area is 174 Å². The maximum absolute atomic E-state index is 12.2. The zero-order valence-corrected chi connectivity index (χ0v) is 17.4. The van der Waals surface area contributed by atoms with E-state index in [4.69, 9.17) is 14.2 Å². The molecule has 0 fully saturated rings. The highest BCUT2D eigenvalue weighted by atomic mass is 32.2. The van der Waals surface area contributed by atoms with E-state index in [1.165, 1.54) is 19.2 Å². The van der Waals surface area contributed by atoms with E-state index in [0.717, 1.165) is 11.8 Å². The van der Waals surface area contributed by atoms with E-state index in [-0.39, 0.29) is 30.2 Å². The summed E-state index contributed by atoms with van der Waals surface area (Å²) in [6, 6.07) is 9.56. The summed E-state index contributed by atoms with van der Waals surface area (Å²) in [7, 11) is -0.811. The normalized spacial score (nSPS) is 10.9. The van der Waals surface area contributed by atoms with Gasteiger partial charge in [-0.1, -0.05) is 12.1 Å². The maximum Gasteiger partial charge on any atom is 0.414 e. The van der Waals surface area contributed by atoms with Crippen LogP contribution in [0, 0.1) is 0 Å². The Morgan fingerprint density at radius 3 is 2.40 bits per heavy atom. The molecule has 10 nitrogen and oxygen atoms in total. The molecule has 0 aliphatic heterocycles. The number of sulfonamides is 1. The molecular formula is C19H23N3O7S. The second kappa shape index (κ2) is 11.1. The molecule has 2 aromatic rings. The molecular weight excluding hydrogens is 414 g/mol. The monoisotopic (exact) mass is 437 g/mol. The highest BCUT2D eigenvalue weighted by Gasteiger charge is 2.17. The fourth-order valence-electron chi connectivity index (χ4n) is 2.26. The van der Waals surface area contributed by atoms with Gasteiger partial charge in [-0.05, 0) is 30.2 Å². The van der Waals surface area contributed by atoms with Crippen molar-refractivity contribution in [2.75, 3.05) is 33.1 Å². The Morgan fingerprint density at radius 2 is 1.80 bits per heavy atom. The number of hydrogen-bond donors (Lipinski definition) is 2. The molecule has 0 saturated carbocycles. The fourth-order valence-corrected chi connectivity index (χ4v) is 3.26. The molecule has 0 atom stereocenters. The minimum atomic E-state index is -3.85. The third kappa shape index (κ3) is 7.68. The number of nitrogens with zero attached hydrogens (tertiary/aromatic N) is 1. The molecule has 1 aromatic carbocycles. The van der Waals surface area contributed by atoms with Crippen LogP contribution in [0.5, 0.6) is 11.6 Å². The summed E-state index contributed by atoms with van der Waals surface area (Å²) in [5.41, 5.74) is 0.802. The van der Waals surface area contributed by atoms with Crippen LogP contribution < -0.4 is 19.5 Å².